The van der Waals surface area contributed by atoms with Gasteiger partial charge in [-0.1, -0.05) is 19.9 Å². The van der Waals surface area contributed by atoms with Crippen molar-refractivity contribution >= 4 is 18.6 Å². The van der Waals surface area contributed by atoms with Crippen molar-refractivity contribution in [2.75, 3.05) is 5.75 Å². The van der Waals surface area contributed by atoms with E-state index in [0.29, 0.717) is 0 Å². The van der Waals surface area contributed by atoms with Gasteiger partial charge in [-0.3, -0.25) is 0 Å². The molecule has 3 heteroatoms. The van der Waals surface area contributed by atoms with Crippen LogP contribution in [0.15, 0.2) is 12.2 Å². The highest BCUT2D eigenvalue weighted by Gasteiger charge is 1.90. The molecular weight excluding hydrogens is 160 g/mol. The summed E-state index contributed by atoms with van der Waals surface area (Å²) in [5, 5.41) is 7.89. The molecule has 0 aliphatic heterocycles. The fraction of sp³-hybridized carbons (Fsp3) is 0.625. The quantitative estimate of drug-likeness (QED) is 0.511. The molecule has 0 bridgehead atoms. The van der Waals surface area contributed by atoms with Gasteiger partial charge in [-0.15, -0.1) is 0 Å². The van der Waals surface area contributed by atoms with Crippen molar-refractivity contribution in [3.8, 4) is 0 Å². The van der Waals surface area contributed by atoms with Gasteiger partial charge in [-0.2, -0.15) is 12.6 Å². The molecule has 0 rings (SSSR count). The summed E-state index contributed by atoms with van der Waals surface area (Å²) in [5.41, 5.74) is 0.176. The van der Waals surface area contributed by atoms with Crippen LogP contribution in [0.4, 0.5) is 0 Å². The van der Waals surface area contributed by atoms with Crippen molar-refractivity contribution in [2.45, 2.75) is 26.7 Å². The maximum Gasteiger partial charge on any atom is 0.330 e. The lowest BCUT2D eigenvalue weighted by Gasteiger charge is -1.79. The third-order valence-electron chi connectivity index (χ3n) is 0.877. The monoisotopic (exact) mass is 176 g/mol. The number of carbonyl (C=O) groups is 1. The number of thiol groups is 1. The van der Waals surface area contributed by atoms with E-state index in [1.165, 1.54) is 19.8 Å². The average molecular weight is 176 g/mol. The van der Waals surface area contributed by atoms with E-state index >= 15 is 0 Å². The van der Waals surface area contributed by atoms with Gasteiger partial charge in [0.15, 0.2) is 0 Å². The Morgan fingerprint density at radius 2 is 2.00 bits per heavy atom. The third-order valence-corrected chi connectivity index (χ3v) is 1.19. The third kappa shape index (κ3) is 17.7. The molecule has 0 heterocycles. The fourth-order valence-corrected chi connectivity index (χ4v) is 0.474. The van der Waals surface area contributed by atoms with E-state index < -0.39 is 5.97 Å². The summed E-state index contributed by atoms with van der Waals surface area (Å²) in [6.45, 7) is 6.76. The molecule has 66 valence electrons. The van der Waals surface area contributed by atoms with Gasteiger partial charge in [-0.05, 0) is 19.1 Å². The van der Waals surface area contributed by atoms with Gasteiger partial charge >= 0.3 is 5.97 Å². The molecule has 0 aliphatic carbocycles. The van der Waals surface area contributed by atoms with Crippen LogP contribution in [0.3, 0.4) is 0 Å². The first-order chi connectivity index (χ1) is 5.06. The lowest BCUT2D eigenvalue weighted by atomic mass is 10.4. The first-order valence-electron chi connectivity index (χ1n) is 3.55. The molecular formula is C8H16O2S. The van der Waals surface area contributed by atoms with Crippen LogP contribution in [0.25, 0.3) is 0 Å². The van der Waals surface area contributed by atoms with Crippen LogP contribution in [0, 0.1) is 0 Å². The lowest BCUT2D eigenvalue weighted by molar-refractivity contribution is -0.132. The summed E-state index contributed by atoms with van der Waals surface area (Å²) in [7, 11) is 0. The Labute approximate surface area is 73.7 Å². The zero-order valence-corrected chi connectivity index (χ0v) is 8.03. The van der Waals surface area contributed by atoms with Gasteiger partial charge in [0.1, 0.15) is 0 Å². The number of hydrogen-bond donors (Lipinski definition) is 2. The zero-order chi connectivity index (χ0) is 9.28. The van der Waals surface area contributed by atoms with E-state index in [9.17, 15) is 4.79 Å². The predicted octanol–water partition coefficient (Wildman–Crippen LogP) is 2.36. The molecule has 0 aromatic carbocycles. The van der Waals surface area contributed by atoms with E-state index in [2.05, 4.69) is 26.1 Å². The Morgan fingerprint density at radius 3 is 2.00 bits per heavy atom. The second-order valence-electron chi connectivity index (χ2n) is 2.16. The van der Waals surface area contributed by atoms with Crippen LogP contribution < -0.4 is 0 Å². The molecule has 0 radical (unpaired) electrons. The van der Waals surface area contributed by atoms with E-state index in [-0.39, 0.29) is 5.57 Å². The molecule has 0 spiro atoms. The number of aliphatic carboxylic acids is 1. The molecule has 0 aromatic heterocycles. The average Bonchev–Trinajstić information content (AvgIpc) is 1.90. The first-order valence-corrected chi connectivity index (χ1v) is 4.19. The van der Waals surface area contributed by atoms with Gasteiger partial charge in [0.2, 0.25) is 0 Å². The molecule has 0 aliphatic rings. The van der Waals surface area contributed by atoms with Crippen LogP contribution in [-0.2, 0) is 4.79 Å². The van der Waals surface area contributed by atoms with Crippen LogP contribution in [-0.4, -0.2) is 16.8 Å². The lowest BCUT2D eigenvalue weighted by Crippen LogP contribution is -1.92. The molecule has 0 atom stereocenters. The number of carboxylic acids is 1. The summed E-state index contributed by atoms with van der Waals surface area (Å²) in [5.74, 6) is 0.103. The molecule has 0 amide bonds. The van der Waals surface area contributed by atoms with E-state index in [1.807, 2.05) is 0 Å². The van der Waals surface area contributed by atoms with Gasteiger partial charge in [0, 0.05) is 5.57 Å². The van der Waals surface area contributed by atoms with Crippen LogP contribution in [0.5, 0.6) is 0 Å². The Morgan fingerprint density at radius 1 is 1.64 bits per heavy atom. The first kappa shape index (κ1) is 13.2. The Bertz CT molecular complexity index is 107. The Hall–Kier alpha value is -0.440. The van der Waals surface area contributed by atoms with Crippen LogP contribution in [0.1, 0.15) is 26.7 Å². The predicted molar refractivity (Wildman–Crippen MR) is 51.2 cm³/mol. The fourth-order valence-electron chi connectivity index (χ4n) is 0.158. The molecule has 0 aromatic rings. The number of hydrogen-bond acceptors (Lipinski definition) is 2. The van der Waals surface area contributed by atoms with Gasteiger partial charge in [-0.25, -0.2) is 4.79 Å². The maximum absolute atomic E-state index is 9.60. The molecule has 1 N–H and O–H groups in total. The van der Waals surface area contributed by atoms with Gasteiger partial charge in [0.25, 0.3) is 0 Å². The van der Waals surface area contributed by atoms with Crippen molar-refractivity contribution in [3.63, 3.8) is 0 Å². The van der Waals surface area contributed by atoms with E-state index in [0.717, 1.165) is 5.75 Å². The van der Waals surface area contributed by atoms with E-state index in [4.69, 9.17) is 5.11 Å². The number of carboxylic acid groups (broad SMARTS) is 1. The highest BCUT2D eigenvalue weighted by Crippen LogP contribution is 1.85. The van der Waals surface area contributed by atoms with Gasteiger partial charge in [0.05, 0.1) is 0 Å². The molecule has 2 nitrogen and oxygen atoms in total. The summed E-state index contributed by atoms with van der Waals surface area (Å²) in [6, 6.07) is 0. The smallest absolute Gasteiger partial charge is 0.330 e. The molecule has 0 saturated carbocycles. The topological polar surface area (TPSA) is 37.3 Å². The largest absolute Gasteiger partial charge is 0.478 e. The maximum atomic E-state index is 9.60. The summed E-state index contributed by atoms with van der Waals surface area (Å²) >= 11 is 4.00. The second-order valence-corrected chi connectivity index (χ2v) is 2.61. The van der Waals surface area contributed by atoms with Crippen molar-refractivity contribution in [3.05, 3.63) is 12.2 Å². The van der Waals surface area contributed by atoms with Crippen LogP contribution in [0.2, 0.25) is 0 Å². The van der Waals surface area contributed by atoms with Crippen molar-refractivity contribution < 1.29 is 9.90 Å². The standard InChI is InChI=1S/C4H6O2.C4H10S/c1-3(2)4(5)6;1-2-3-4-5/h1H2,2H3,(H,5,6);5H,2-4H2,1H3. The summed E-state index contributed by atoms with van der Waals surface area (Å²) in [4.78, 5) is 9.60. The minimum absolute atomic E-state index is 0.176. The number of rotatable bonds is 3. The Balaban J connectivity index is 0. The SMILES string of the molecule is C=C(C)C(=O)O.CCCCS. The van der Waals surface area contributed by atoms with Crippen molar-refractivity contribution in [1.29, 1.82) is 0 Å². The van der Waals surface area contributed by atoms with Crippen molar-refractivity contribution in [2.24, 2.45) is 0 Å². The number of unbranched alkanes of at least 4 members (excludes halogenated alkanes) is 1. The second kappa shape index (κ2) is 9.56. The molecule has 11 heavy (non-hydrogen) atoms. The zero-order valence-electron chi connectivity index (χ0n) is 7.13. The highest BCUT2D eigenvalue weighted by atomic mass is 32.1. The van der Waals surface area contributed by atoms with Crippen LogP contribution >= 0.6 is 12.6 Å². The molecule has 0 fully saturated rings. The minimum Gasteiger partial charge on any atom is -0.478 e. The van der Waals surface area contributed by atoms with E-state index in [1.54, 1.807) is 0 Å². The molecule has 0 saturated heterocycles. The highest BCUT2D eigenvalue weighted by molar-refractivity contribution is 7.80. The summed E-state index contributed by atoms with van der Waals surface area (Å²) < 4.78 is 0. The Kier molecular flexibility index (Phi) is 11.4. The minimum atomic E-state index is -0.935. The van der Waals surface area contributed by atoms with Gasteiger partial charge < -0.3 is 5.11 Å². The normalized spacial score (nSPS) is 7.91. The summed E-state index contributed by atoms with van der Waals surface area (Å²) in [6.07, 6.45) is 2.52. The molecule has 0 unspecified atom stereocenters. The van der Waals surface area contributed by atoms with Crippen molar-refractivity contribution in [1.82, 2.24) is 0 Å².